The zero-order valence-corrected chi connectivity index (χ0v) is 11.7. The molecular weight excluding hydrogens is 274 g/mol. The van der Waals surface area contributed by atoms with Crippen LogP contribution >= 0.6 is 11.3 Å². The van der Waals surface area contributed by atoms with Crippen LogP contribution in [-0.2, 0) is 13.0 Å². The fourth-order valence-electron chi connectivity index (χ4n) is 1.74. The summed E-state index contributed by atoms with van der Waals surface area (Å²) in [5.74, 6) is -0.586. The lowest BCUT2D eigenvalue weighted by molar-refractivity contribution is 0.0697. The van der Waals surface area contributed by atoms with E-state index in [1.54, 1.807) is 24.3 Å². The van der Waals surface area contributed by atoms with Crippen molar-refractivity contribution in [3.05, 3.63) is 51.2 Å². The summed E-state index contributed by atoms with van der Waals surface area (Å²) in [7, 11) is 0. The molecule has 4 nitrogen and oxygen atoms in total. The Morgan fingerprint density at radius 1 is 1.45 bits per heavy atom. The highest BCUT2D eigenvalue weighted by Gasteiger charge is 2.16. The number of hydrogen-bond acceptors (Lipinski definition) is 4. The Morgan fingerprint density at radius 3 is 2.90 bits per heavy atom. The zero-order valence-electron chi connectivity index (χ0n) is 10.9. The summed E-state index contributed by atoms with van der Waals surface area (Å²) in [6.45, 7) is 2.22. The Bertz CT molecular complexity index is 670. The van der Waals surface area contributed by atoms with Crippen molar-refractivity contribution in [2.75, 3.05) is 0 Å². The Balaban J connectivity index is 2.16. The van der Waals surface area contributed by atoms with Crippen LogP contribution in [0.25, 0.3) is 0 Å². The van der Waals surface area contributed by atoms with Crippen LogP contribution in [0.15, 0.2) is 30.3 Å². The summed E-state index contributed by atoms with van der Waals surface area (Å²) in [6, 6.07) is 10.9. The molecular formula is C15H13NO3S. The number of rotatable bonds is 5. The molecule has 0 saturated carbocycles. The quantitative estimate of drug-likeness (QED) is 0.914. The fraction of sp³-hybridized carbons (Fsp3) is 0.200. The van der Waals surface area contributed by atoms with Crippen molar-refractivity contribution in [3.63, 3.8) is 0 Å². The largest absolute Gasteiger partial charge is 0.487 e. The molecule has 0 saturated heterocycles. The van der Waals surface area contributed by atoms with E-state index < -0.39 is 5.97 Å². The number of carboxylic acid groups (broad SMARTS) is 1. The van der Waals surface area contributed by atoms with Gasteiger partial charge in [0.1, 0.15) is 12.4 Å². The van der Waals surface area contributed by atoms with E-state index in [1.807, 2.05) is 13.0 Å². The predicted molar refractivity (Wildman–Crippen MR) is 76.1 cm³/mol. The molecule has 20 heavy (non-hydrogen) atoms. The van der Waals surface area contributed by atoms with E-state index in [4.69, 9.17) is 15.1 Å². The van der Waals surface area contributed by atoms with E-state index in [-0.39, 0.29) is 11.5 Å². The lowest BCUT2D eigenvalue weighted by atomic mass is 10.1. The molecule has 1 N–H and O–H groups in total. The van der Waals surface area contributed by atoms with Gasteiger partial charge in [0.2, 0.25) is 0 Å². The number of aromatic carboxylic acids is 1. The van der Waals surface area contributed by atoms with Crippen LogP contribution in [0.4, 0.5) is 0 Å². The number of ether oxygens (including phenoxy) is 1. The van der Waals surface area contributed by atoms with Crippen LogP contribution in [0.1, 0.15) is 32.6 Å². The average molecular weight is 287 g/mol. The van der Waals surface area contributed by atoms with Crippen molar-refractivity contribution in [3.8, 4) is 11.8 Å². The van der Waals surface area contributed by atoms with Crippen LogP contribution in [0.2, 0.25) is 0 Å². The smallest absolute Gasteiger partial charge is 0.349 e. The summed E-state index contributed by atoms with van der Waals surface area (Å²) in [5.41, 5.74) is 1.40. The second-order valence-electron chi connectivity index (χ2n) is 4.17. The van der Waals surface area contributed by atoms with Crippen molar-refractivity contribution in [2.24, 2.45) is 0 Å². The van der Waals surface area contributed by atoms with Gasteiger partial charge in [-0.15, -0.1) is 11.3 Å². The lowest BCUT2D eigenvalue weighted by Crippen LogP contribution is -2.00. The minimum atomic E-state index is -0.976. The average Bonchev–Trinajstić information content (AvgIpc) is 2.89. The van der Waals surface area contributed by atoms with Crippen LogP contribution < -0.4 is 4.74 Å². The minimum absolute atomic E-state index is 0.221. The van der Waals surface area contributed by atoms with E-state index >= 15 is 0 Å². The summed E-state index contributed by atoms with van der Waals surface area (Å²) < 4.78 is 5.59. The third-order valence-corrected chi connectivity index (χ3v) is 3.99. The molecule has 1 aromatic heterocycles. The number of aryl methyl sites for hydroxylation is 1. The molecule has 0 bridgehead atoms. The van der Waals surface area contributed by atoms with Crippen LogP contribution in [-0.4, -0.2) is 11.1 Å². The molecule has 0 atom stereocenters. The predicted octanol–water partition coefficient (Wildman–Crippen LogP) is 3.46. The van der Waals surface area contributed by atoms with Gasteiger partial charge in [0, 0.05) is 4.88 Å². The maximum atomic E-state index is 11.2. The van der Waals surface area contributed by atoms with Gasteiger partial charge in [-0.3, -0.25) is 0 Å². The zero-order chi connectivity index (χ0) is 14.5. The second-order valence-corrected chi connectivity index (χ2v) is 5.30. The second kappa shape index (κ2) is 6.22. The van der Waals surface area contributed by atoms with Gasteiger partial charge in [-0.25, -0.2) is 4.79 Å². The minimum Gasteiger partial charge on any atom is -0.487 e. The maximum absolute atomic E-state index is 11.2. The van der Waals surface area contributed by atoms with Crippen LogP contribution in [0.3, 0.4) is 0 Å². The third kappa shape index (κ3) is 3.16. The standard InChI is InChI=1S/C15H13NO3S/c1-2-12-7-13(14(20-12)15(17)18)19-9-11-5-3-4-10(6-11)8-16/h3-7H,2,9H2,1H3,(H,17,18). The highest BCUT2D eigenvalue weighted by Crippen LogP contribution is 2.30. The Hall–Kier alpha value is -2.32. The van der Waals surface area contributed by atoms with E-state index in [9.17, 15) is 4.79 Å². The molecule has 0 aliphatic rings. The van der Waals surface area contributed by atoms with Crippen molar-refractivity contribution < 1.29 is 14.6 Å². The van der Waals surface area contributed by atoms with Crippen LogP contribution in [0.5, 0.6) is 5.75 Å². The number of benzene rings is 1. The fourth-order valence-corrected chi connectivity index (χ4v) is 2.62. The van der Waals surface area contributed by atoms with Gasteiger partial charge in [-0.2, -0.15) is 5.26 Å². The third-order valence-electron chi connectivity index (χ3n) is 2.74. The molecule has 1 heterocycles. The summed E-state index contributed by atoms with van der Waals surface area (Å²) in [6.07, 6.45) is 0.776. The lowest BCUT2D eigenvalue weighted by Gasteiger charge is -2.05. The molecule has 0 amide bonds. The monoisotopic (exact) mass is 287 g/mol. The van der Waals surface area contributed by atoms with E-state index in [0.717, 1.165) is 16.9 Å². The van der Waals surface area contributed by atoms with Crippen LogP contribution in [0, 0.1) is 11.3 Å². The number of carboxylic acids is 1. The molecule has 1 aromatic carbocycles. The summed E-state index contributed by atoms with van der Waals surface area (Å²) >= 11 is 1.23. The first-order valence-corrected chi connectivity index (χ1v) is 6.93. The summed E-state index contributed by atoms with van der Waals surface area (Å²) in [5, 5.41) is 18.0. The van der Waals surface area contributed by atoms with Crippen molar-refractivity contribution in [2.45, 2.75) is 20.0 Å². The molecule has 0 spiro atoms. The van der Waals surface area contributed by atoms with E-state index in [1.165, 1.54) is 11.3 Å². The normalized spacial score (nSPS) is 10.0. The van der Waals surface area contributed by atoms with E-state index in [2.05, 4.69) is 6.07 Å². The first-order chi connectivity index (χ1) is 9.63. The Labute approximate surface area is 120 Å². The molecule has 0 radical (unpaired) electrons. The molecule has 2 rings (SSSR count). The number of carbonyl (C=O) groups is 1. The first-order valence-electron chi connectivity index (χ1n) is 6.12. The number of nitrogens with zero attached hydrogens (tertiary/aromatic N) is 1. The molecule has 0 aliphatic carbocycles. The topological polar surface area (TPSA) is 70.3 Å². The van der Waals surface area contributed by atoms with Crippen molar-refractivity contribution >= 4 is 17.3 Å². The molecule has 5 heteroatoms. The van der Waals surface area contributed by atoms with Gasteiger partial charge in [0.05, 0.1) is 11.6 Å². The number of thiophene rings is 1. The molecule has 0 aliphatic heterocycles. The molecule has 102 valence electrons. The van der Waals surface area contributed by atoms with E-state index in [0.29, 0.717) is 11.3 Å². The number of nitriles is 1. The van der Waals surface area contributed by atoms with Crippen molar-refractivity contribution in [1.82, 2.24) is 0 Å². The summed E-state index contributed by atoms with van der Waals surface area (Å²) in [4.78, 5) is 12.3. The SMILES string of the molecule is CCc1cc(OCc2cccc(C#N)c2)c(C(=O)O)s1. The Kier molecular flexibility index (Phi) is 4.38. The highest BCUT2D eigenvalue weighted by atomic mass is 32.1. The first kappa shape index (κ1) is 14.1. The van der Waals surface area contributed by atoms with Gasteiger partial charge >= 0.3 is 5.97 Å². The number of hydrogen-bond donors (Lipinski definition) is 1. The van der Waals surface area contributed by atoms with Gasteiger partial charge < -0.3 is 9.84 Å². The molecule has 0 unspecified atom stereocenters. The van der Waals surface area contributed by atoms with Crippen molar-refractivity contribution in [1.29, 1.82) is 5.26 Å². The highest BCUT2D eigenvalue weighted by molar-refractivity contribution is 7.14. The maximum Gasteiger partial charge on any atom is 0.349 e. The molecule has 2 aromatic rings. The Morgan fingerprint density at radius 2 is 2.25 bits per heavy atom. The molecule has 0 fully saturated rings. The van der Waals surface area contributed by atoms with Gasteiger partial charge in [0.25, 0.3) is 0 Å². The van der Waals surface area contributed by atoms with Gasteiger partial charge in [0.15, 0.2) is 4.88 Å². The van der Waals surface area contributed by atoms with Gasteiger partial charge in [-0.05, 0) is 30.2 Å². The van der Waals surface area contributed by atoms with Gasteiger partial charge in [-0.1, -0.05) is 19.1 Å².